The van der Waals surface area contributed by atoms with Gasteiger partial charge >= 0.3 is 0 Å². The number of nitrogens with zero attached hydrogens (tertiary/aromatic N) is 1. The topological polar surface area (TPSA) is 12.5 Å². The highest BCUT2D eigenvalue weighted by Gasteiger charge is 2.27. The van der Waals surface area contributed by atoms with Crippen LogP contribution in [0.4, 0.5) is 0 Å². The zero-order valence-electron chi connectivity index (χ0n) is 9.17. The van der Waals surface area contributed by atoms with Gasteiger partial charge in [0.25, 0.3) is 0 Å². The van der Waals surface area contributed by atoms with Crippen LogP contribution < -0.4 is 0 Å². The predicted octanol–water partition coefficient (Wildman–Crippen LogP) is 2.55. The van der Waals surface area contributed by atoms with Crippen molar-refractivity contribution in [1.82, 2.24) is 4.90 Å². The highest BCUT2D eigenvalue weighted by atomic mass is 16.5. The molecular weight excluding hydrogens is 174 g/mol. The fraction of sp³-hybridized carbons (Fsp3) is 0.833. The molecule has 0 aromatic carbocycles. The summed E-state index contributed by atoms with van der Waals surface area (Å²) < 4.78 is 5.93. The first kappa shape index (κ1) is 10.0. The monoisotopic (exact) mass is 195 g/mol. The molecule has 1 saturated carbocycles. The molecule has 1 saturated heterocycles. The first-order chi connectivity index (χ1) is 6.77. The largest absolute Gasteiger partial charge is 0.494 e. The summed E-state index contributed by atoms with van der Waals surface area (Å²) in [6, 6.07) is 0.482. The normalized spacial score (nSPS) is 29.6. The fourth-order valence-corrected chi connectivity index (χ4v) is 2.62. The highest BCUT2D eigenvalue weighted by molar-refractivity contribution is 5.01. The Hall–Kier alpha value is -0.500. The van der Waals surface area contributed by atoms with E-state index in [-0.39, 0.29) is 0 Å². The molecule has 2 fully saturated rings. The van der Waals surface area contributed by atoms with Gasteiger partial charge in [0.2, 0.25) is 0 Å². The third-order valence-corrected chi connectivity index (χ3v) is 3.51. The van der Waals surface area contributed by atoms with Crippen molar-refractivity contribution in [2.75, 3.05) is 13.6 Å². The van der Waals surface area contributed by atoms with Crippen LogP contribution >= 0.6 is 0 Å². The van der Waals surface area contributed by atoms with Crippen molar-refractivity contribution in [2.24, 2.45) is 0 Å². The summed E-state index contributed by atoms with van der Waals surface area (Å²) >= 11 is 0. The summed E-state index contributed by atoms with van der Waals surface area (Å²) in [6.45, 7) is 5.28. The molecule has 0 N–H and O–H groups in total. The quantitative estimate of drug-likeness (QED) is 0.642. The standard InChI is InChI=1S/C12H21NO/c1-10(12-8-5-9-13(12)2)14-11-6-3-4-7-11/h11-12H,1,3-9H2,2H3. The minimum atomic E-state index is 0.469. The highest BCUT2D eigenvalue weighted by Crippen LogP contribution is 2.27. The van der Waals surface area contributed by atoms with Gasteiger partial charge in [0.15, 0.2) is 0 Å². The van der Waals surface area contributed by atoms with Crippen LogP contribution in [0.2, 0.25) is 0 Å². The Labute approximate surface area is 86.9 Å². The van der Waals surface area contributed by atoms with Crippen molar-refractivity contribution in [2.45, 2.75) is 50.7 Å². The summed E-state index contributed by atoms with van der Waals surface area (Å²) in [5.74, 6) is 1.01. The van der Waals surface area contributed by atoms with Crippen molar-refractivity contribution in [3.05, 3.63) is 12.3 Å². The molecule has 14 heavy (non-hydrogen) atoms. The van der Waals surface area contributed by atoms with Crippen LogP contribution in [0, 0.1) is 0 Å². The van der Waals surface area contributed by atoms with Gasteiger partial charge in [-0.3, -0.25) is 4.90 Å². The molecule has 0 bridgehead atoms. The van der Waals surface area contributed by atoms with Crippen molar-refractivity contribution >= 4 is 0 Å². The van der Waals surface area contributed by atoms with Crippen LogP contribution in [0.5, 0.6) is 0 Å². The Morgan fingerprint density at radius 1 is 1.21 bits per heavy atom. The molecule has 0 amide bonds. The number of likely N-dealkylation sites (N-methyl/N-ethyl adjacent to an activating group) is 1. The van der Waals surface area contributed by atoms with Gasteiger partial charge in [0, 0.05) is 0 Å². The average molecular weight is 195 g/mol. The number of hydrogen-bond acceptors (Lipinski definition) is 2. The summed E-state index contributed by atoms with van der Waals surface area (Å²) in [6.07, 6.45) is 8.11. The van der Waals surface area contributed by atoms with E-state index in [1.54, 1.807) is 0 Å². The minimum Gasteiger partial charge on any atom is -0.494 e. The molecule has 0 radical (unpaired) electrons. The van der Waals surface area contributed by atoms with Gasteiger partial charge in [-0.05, 0) is 52.1 Å². The summed E-state index contributed by atoms with van der Waals surface area (Å²) in [7, 11) is 2.17. The van der Waals surface area contributed by atoms with Gasteiger partial charge in [-0.15, -0.1) is 0 Å². The summed E-state index contributed by atoms with van der Waals surface area (Å²) in [5, 5.41) is 0. The summed E-state index contributed by atoms with van der Waals surface area (Å²) in [4.78, 5) is 2.36. The van der Waals surface area contributed by atoms with Crippen molar-refractivity contribution in [3.8, 4) is 0 Å². The molecule has 1 aliphatic heterocycles. The molecule has 1 heterocycles. The van der Waals surface area contributed by atoms with Crippen molar-refractivity contribution < 1.29 is 4.74 Å². The lowest BCUT2D eigenvalue weighted by Gasteiger charge is -2.24. The van der Waals surface area contributed by atoms with E-state index in [4.69, 9.17) is 4.74 Å². The van der Waals surface area contributed by atoms with Gasteiger partial charge in [-0.25, -0.2) is 0 Å². The van der Waals surface area contributed by atoms with E-state index < -0.39 is 0 Å². The molecule has 80 valence electrons. The maximum atomic E-state index is 5.93. The van der Waals surface area contributed by atoms with E-state index in [1.807, 2.05) is 0 Å². The van der Waals surface area contributed by atoms with Crippen LogP contribution in [0.3, 0.4) is 0 Å². The Morgan fingerprint density at radius 2 is 1.93 bits per heavy atom. The first-order valence-electron chi connectivity index (χ1n) is 5.83. The lowest BCUT2D eigenvalue weighted by atomic mass is 10.2. The van der Waals surface area contributed by atoms with E-state index in [0.717, 1.165) is 5.76 Å². The Balaban J connectivity index is 1.82. The molecule has 2 nitrogen and oxygen atoms in total. The molecule has 1 unspecified atom stereocenters. The van der Waals surface area contributed by atoms with E-state index in [0.29, 0.717) is 12.1 Å². The Kier molecular flexibility index (Phi) is 3.12. The number of rotatable bonds is 3. The molecule has 2 rings (SSSR count). The summed E-state index contributed by atoms with van der Waals surface area (Å²) in [5.41, 5.74) is 0. The van der Waals surface area contributed by atoms with Crippen LogP contribution in [-0.2, 0) is 4.74 Å². The second kappa shape index (κ2) is 4.35. The van der Waals surface area contributed by atoms with Crippen LogP contribution in [0.15, 0.2) is 12.3 Å². The third-order valence-electron chi connectivity index (χ3n) is 3.51. The van der Waals surface area contributed by atoms with E-state index >= 15 is 0 Å². The van der Waals surface area contributed by atoms with Gasteiger partial charge in [0.1, 0.15) is 5.76 Å². The van der Waals surface area contributed by atoms with Crippen molar-refractivity contribution in [1.29, 1.82) is 0 Å². The molecule has 0 spiro atoms. The minimum absolute atomic E-state index is 0.469. The Bertz CT molecular complexity index is 208. The van der Waals surface area contributed by atoms with Gasteiger partial charge in [0.05, 0.1) is 12.1 Å². The maximum absolute atomic E-state index is 5.93. The van der Waals surface area contributed by atoms with Gasteiger partial charge < -0.3 is 4.74 Å². The number of hydrogen-bond donors (Lipinski definition) is 0. The zero-order chi connectivity index (χ0) is 9.97. The Morgan fingerprint density at radius 3 is 2.50 bits per heavy atom. The molecule has 1 aliphatic carbocycles. The number of likely N-dealkylation sites (tertiary alicyclic amines) is 1. The lowest BCUT2D eigenvalue weighted by Crippen LogP contribution is -2.28. The average Bonchev–Trinajstić information content (AvgIpc) is 2.75. The lowest BCUT2D eigenvalue weighted by molar-refractivity contribution is 0.0907. The molecule has 0 aromatic heterocycles. The SMILES string of the molecule is C=C(OC1CCCC1)C1CCCN1C. The maximum Gasteiger partial charge on any atom is 0.106 e. The zero-order valence-corrected chi connectivity index (χ0v) is 9.17. The molecule has 0 aromatic rings. The molecule has 1 atom stereocenters. The van der Waals surface area contributed by atoms with Crippen molar-refractivity contribution in [3.63, 3.8) is 0 Å². The predicted molar refractivity (Wildman–Crippen MR) is 58.1 cm³/mol. The van der Waals surface area contributed by atoms with E-state index in [9.17, 15) is 0 Å². The molecule has 2 heteroatoms. The second-order valence-corrected chi connectivity index (χ2v) is 4.63. The van der Waals surface area contributed by atoms with Crippen LogP contribution in [-0.4, -0.2) is 30.6 Å². The first-order valence-corrected chi connectivity index (χ1v) is 5.83. The van der Waals surface area contributed by atoms with Gasteiger partial charge in [-0.1, -0.05) is 6.58 Å². The van der Waals surface area contributed by atoms with E-state index in [2.05, 4.69) is 18.5 Å². The molecule has 2 aliphatic rings. The van der Waals surface area contributed by atoms with E-state index in [1.165, 1.54) is 45.1 Å². The van der Waals surface area contributed by atoms with Gasteiger partial charge in [-0.2, -0.15) is 0 Å². The smallest absolute Gasteiger partial charge is 0.106 e. The fourth-order valence-electron chi connectivity index (χ4n) is 2.62. The van der Waals surface area contributed by atoms with Crippen LogP contribution in [0.1, 0.15) is 38.5 Å². The number of ether oxygens (including phenoxy) is 1. The van der Waals surface area contributed by atoms with Crippen LogP contribution in [0.25, 0.3) is 0 Å². The molecular formula is C12H21NO. The second-order valence-electron chi connectivity index (χ2n) is 4.63. The third kappa shape index (κ3) is 2.11.